The van der Waals surface area contributed by atoms with Crippen LogP contribution in [0, 0.1) is 11.3 Å². The summed E-state index contributed by atoms with van der Waals surface area (Å²) in [7, 11) is -3.73. The number of nitrogens with one attached hydrogen (secondary N) is 2. The van der Waals surface area contributed by atoms with Crippen molar-refractivity contribution in [2.75, 3.05) is 11.9 Å². The van der Waals surface area contributed by atoms with Crippen molar-refractivity contribution in [2.24, 2.45) is 0 Å². The van der Waals surface area contributed by atoms with Gasteiger partial charge in [-0.05, 0) is 48.0 Å². The first-order valence-electron chi connectivity index (χ1n) is 8.95. The molecular weight excluding hydrogens is 479 g/mol. The van der Waals surface area contributed by atoms with Crippen LogP contribution in [0.3, 0.4) is 0 Å². The molecule has 11 heteroatoms. The number of sulfonamides is 1. The maximum Gasteiger partial charge on any atom is 0.257 e. The molecule has 3 rings (SSSR count). The van der Waals surface area contributed by atoms with Gasteiger partial charge in [0.25, 0.3) is 5.91 Å². The molecular formula is C20H16Cl2N4O3S2. The first-order valence-corrected chi connectivity index (χ1v) is 12.0. The minimum absolute atomic E-state index is 0.0110. The molecule has 2 aromatic carbocycles. The number of carbonyl (C=O) groups is 1. The molecule has 0 aliphatic carbocycles. The van der Waals surface area contributed by atoms with Gasteiger partial charge in [-0.25, -0.2) is 18.1 Å². The Morgan fingerprint density at radius 1 is 1.16 bits per heavy atom. The zero-order valence-corrected chi connectivity index (χ0v) is 19.1. The lowest BCUT2D eigenvalue weighted by molar-refractivity contribution is 0.102. The van der Waals surface area contributed by atoms with Gasteiger partial charge >= 0.3 is 0 Å². The molecule has 1 heterocycles. The zero-order chi connectivity index (χ0) is 22.4. The normalized spacial score (nSPS) is 11.1. The number of halogens is 2. The second-order valence-electron chi connectivity index (χ2n) is 6.33. The van der Waals surface area contributed by atoms with Crippen LogP contribution in [-0.4, -0.2) is 25.9 Å². The third kappa shape index (κ3) is 6.26. The Morgan fingerprint density at radius 2 is 1.90 bits per heavy atom. The van der Waals surface area contributed by atoms with Gasteiger partial charge in [-0.2, -0.15) is 5.26 Å². The van der Waals surface area contributed by atoms with Gasteiger partial charge in [-0.1, -0.05) is 23.2 Å². The van der Waals surface area contributed by atoms with Crippen molar-refractivity contribution in [3.05, 3.63) is 74.7 Å². The molecule has 3 aromatic rings. The van der Waals surface area contributed by atoms with Crippen LogP contribution >= 0.6 is 34.5 Å². The zero-order valence-electron chi connectivity index (χ0n) is 15.9. The molecule has 0 fully saturated rings. The van der Waals surface area contributed by atoms with Crippen LogP contribution < -0.4 is 10.0 Å². The summed E-state index contributed by atoms with van der Waals surface area (Å²) in [6.45, 7) is 0.0217. The van der Waals surface area contributed by atoms with Crippen LogP contribution in [0.1, 0.15) is 27.2 Å². The summed E-state index contributed by atoms with van der Waals surface area (Å²) in [5, 5.41) is 12.8. The summed E-state index contributed by atoms with van der Waals surface area (Å²) >= 11 is 13.5. The summed E-state index contributed by atoms with van der Waals surface area (Å²) < 4.78 is 26.6. The number of amides is 1. The summed E-state index contributed by atoms with van der Waals surface area (Å²) in [5.74, 6) is -0.414. The van der Waals surface area contributed by atoms with Crippen molar-refractivity contribution in [3.8, 4) is 6.07 Å². The highest BCUT2D eigenvalue weighted by molar-refractivity contribution is 7.89. The second kappa shape index (κ2) is 10.2. The van der Waals surface area contributed by atoms with Gasteiger partial charge < -0.3 is 0 Å². The van der Waals surface area contributed by atoms with Gasteiger partial charge in [0.1, 0.15) is 0 Å². The number of rotatable bonds is 8. The average molecular weight is 495 g/mol. The lowest BCUT2D eigenvalue weighted by atomic mass is 10.1. The molecule has 0 saturated heterocycles. The van der Waals surface area contributed by atoms with Gasteiger partial charge in [0.05, 0.1) is 11.0 Å². The highest BCUT2D eigenvalue weighted by Crippen LogP contribution is 2.27. The molecule has 0 spiro atoms. The Labute approximate surface area is 193 Å². The van der Waals surface area contributed by atoms with E-state index in [1.165, 1.54) is 35.6 Å². The van der Waals surface area contributed by atoms with Crippen LogP contribution in [0.5, 0.6) is 0 Å². The number of nitriles is 1. The Kier molecular flexibility index (Phi) is 7.64. The number of thiazole rings is 1. The number of aromatic nitrogens is 1. The molecule has 0 aliphatic heterocycles. The number of anilines is 1. The number of benzene rings is 2. The van der Waals surface area contributed by atoms with E-state index in [0.29, 0.717) is 21.6 Å². The molecule has 2 N–H and O–H groups in total. The van der Waals surface area contributed by atoms with Crippen molar-refractivity contribution in [1.29, 1.82) is 5.26 Å². The van der Waals surface area contributed by atoms with Crippen molar-refractivity contribution in [3.63, 3.8) is 0 Å². The van der Waals surface area contributed by atoms with Crippen LogP contribution in [-0.2, 0) is 16.4 Å². The fourth-order valence-corrected chi connectivity index (χ4v) is 4.83. The molecule has 1 amide bonds. The fourth-order valence-electron chi connectivity index (χ4n) is 2.59. The predicted octanol–water partition coefficient (Wildman–Crippen LogP) is 4.48. The van der Waals surface area contributed by atoms with E-state index in [1.54, 1.807) is 24.4 Å². The number of carbonyl (C=O) groups excluding carboxylic acids is 1. The van der Waals surface area contributed by atoms with Crippen LogP contribution in [0.25, 0.3) is 0 Å². The minimum Gasteiger partial charge on any atom is -0.298 e. The maximum absolute atomic E-state index is 12.5. The molecule has 160 valence electrons. The van der Waals surface area contributed by atoms with E-state index in [0.717, 1.165) is 10.4 Å². The fraction of sp³-hybridized carbons (Fsp3) is 0.150. The van der Waals surface area contributed by atoms with Gasteiger partial charge in [0.2, 0.25) is 10.0 Å². The van der Waals surface area contributed by atoms with Crippen molar-refractivity contribution >= 4 is 55.6 Å². The molecule has 0 radical (unpaired) electrons. The summed E-state index contributed by atoms with van der Waals surface area (Å²) in [6, 6.07) is 12.6. The standard InChI is InChI=1S/C20H16Cl2N4O3S2/c21-15-4-7-18(22)14(10-15)11-16-12-24-20(30-16)26-19(27)13-2-5-17(6-3-13)31(28,29)25-9-1-8-23/h2-7,10,12,25H,1,9,11H2,(H,24,26,27). The smallest absolute Gasteiger partial charge is 0.257 e. The lowest BCUT2D eigenvalue weighted by Crippen LogP contribution is -2.24. The van der Waals surface area contributed by atoms with Crippen LogP contribution in [0.4, 0.5) is 5.13 Å². The molecule has 0 atom stereocenters. The molecule has 7 nitrogen and oxygen atoms in total. The lowest BCUT2D eigenvalue weighted by Gasteiger charge is -2.06. The maximum atomic E-state index is 12.5. The Hall–Kier alpha value is -2.48. The van der Waals surface area contributed by atoms with Gasteiger partial charge in [-0.3, -0.25) is 10.1 Å². The number of hydrogen-bond donors (Lipinski definition) is 2. The topological polar surface area (TPSA) is 112 Å². The number of nitrogens with zero attached hydrogens (tertiary/aromatic N) is 2. The average Bonchev–Trinajstić information content (AvgIpc) is 3.17. The summed E-state index contributed by atoms with van der Waals surface area (Å²) in [5.41, 5.74) is 1.14. The summed E-state index contributed by atoms with van der Waals surface area (Å²) in [6.07, 6.45) is 2.25. The second-order valence-corrected chi connectivity index (χ2v) is 10.1. The van der Waals surface area contributed by atoms with E-state index >= 15 is 0 Å². The predicted molar refractivity (Wildman–Crippen MR) is 121 cm³/mol. The van der Waals surface area contributed by atoms with E-state index in [-0.39, 0.29) is 23.4 Å². The van der Waals surface area contributed by atoms with Crippen LogP contribution in [0.15, 0.2) is 53.6 Å². The quantitative estimate of drug-likeness (QED) is 0.448. The van der Waals surface area contributed by atoms with E-state index in [4.69, 9.17) is 28.5 Å². The minimum atomic E-state index is -3.73. The highest BCUT2D eigenvalue weighted by Gasteiger charge is 2.15. The van der Waals surface area contributed by atoms with Crippen molar-refractivity contribution in [1.82, 2.24) is 9.71 Å². The molecule has 0 aliphatic rings. The third-order valence-corrected chi connectivity index (χ3v) is 7.10. The molecule has 31 heavy (non-hydrogen) atoms. The monoisotopic (exact) mass is 494 g/mol. The van der Waals surface area contributed by atoms with Gasteiger partial charge in [0, 0.05) is 46.1 Å². The van der Waals surface area contributed by atoms with Gasteiger partial charge in [-0.15, -0.1) is 11.3 Å². The van der Waals surface area contributed by atoms with E-state index in [2.05, 4.69) is 15.0 Å². The number of hydrogen-bond acceptors (Lipinski definition) is 6. The summed E-state index contributed by atoms with van der Waals surface area (Å²) in [4.78, 5) is 17.6. The van der Waals surface area contributed by atoms with E-state index in [9.17, 15) is 13.2 Å². The Balaban J connectivity index is 1.64. The van der Waals surface area contributed by atoms with Crippen LogP contribution in [0.2, 0.25) is 10.0 Å². The molecule has 0 saturated carbocycles. The molecule has 0 bridgehead atoms. The largest absolute Gasteiger partial charge is 0.298 e. The van der Waals surface area contributed by atoms with E-state index in [1.807, 2.05) is 6.07 Å². The van der Waals surface area contributed by atoms with E-state index < -0.39 is 15.9 Å². The first kappa shape index (κ1) is 23.2. The molecule has 0 unspecified atom stereocenters. The Bertz CT molecular complexity index is 1240. The first-order chi connectivity index (χ1) is 14.8. The third-order valence-electron chi connectivity index (χ3n) is 4.10. The highest BCUT2D eigenvalue weighted by atomic mass is 35.5. The SMILES string of the molecule is N#CCCNS(=O)(=O)c1ccc(C(=O)Nc2ncc(Cc3cc(Cl)ccc3Cl)s2)cc1. The van der Waals surface area contributed by atoms with Crippen molar-refractivity contribution < 1.29 is 13.2 Å². The van der Waals surface area contributed by atoms with Gasteiger partial charge in [0.15, 0.2) is 5.13 Å². The Morgan fingerprint density at radius 3 is 2.61 bits per heavy atom. The molecule has 1 aromatic heterocycles. The van der Waals surface area contributed by atoms with Crippen molar-refractivity contribution in [2.45, 2.75) is 17.7 Å².